The Balaban J connectivity index is 1.78. The van der Waals surface area contributed by atoms with Crippen LogP contribution >= 0.6 is 0 Å². The van der Waals surface area contributed by atoms with Crippen LogP contribution in [0.3, 0.4) is 0 Å². The molecular weight excluding hydrogens is 250 g/mol. The van der Waals surface area contributed by atoms with E-state index in [1.165, 1.54) is 11.1 Å². The smallest absolute Gasteiger partial charge is 0.143 e. The molecule has 104 valence electrons. The van der Waals surface area contributed by atoms with Crippen molar-refractivity contribution in [1.82, 2.24) is 0 Å². The number of methoxy groups -OCH3 is 1. The molecule has 1 aliphatic rings. The molecule has 0 radical (unpaired) electrons. The third kappa shape index (κ3) is 2.72. The van der Waals surface area contributed by atoms with E-state index in [9.17, 15) is 0 Å². The Bertz CT molecular complexity index is 592. The van der Waals surface area contributed by atoms with Crippen molar-refractivity contribution in [3.8, 4) is 11.5 Å². The van der Waals surface area contributed by atoms with Crippen molar-refractivity contribution in [3.05, 3.63) is 53.6 Å². The van der Waals surface area contributed by atoms with Gasteiger partial charge in [-0.25, -0.2) is 0 Å². The molecule has 2 aromatic rings. The lowest BCUT2D eigenvalue weighted by Crippen LogP contribution is -2.27. The van der Waals surface area contributed by atoms with Crippen LogP contribution in [-0.2, 0) is 6.42 Å². The molecule has 1 N–H and O–H groups in total. The number of anilines is 1. The van der Waals surface area contributed by atoms with Crippen LogP contribution in [0, 0.1) is 0 Å². The van der Waals surface area contributed by atoms with E-state index in [4.69, 9.17) is 9.47 Å². The van der Waals surface area contributed by atoms with Crippen LogP contribution in [0.15, 0.2) is 42.5 Å². The van der Waals surface area contributed by atoms with Gasteiger partial charge in [-0.3, -0.25) is 0 Å². The van der Waals surface area contributed by atoms with E-state index in [2.05, 4.69) is 42.6 Å². The van der Waals surface area contributed by atoms with Gasteiger partial charge in [-0.1, -0.05) is 18.2 Å². The first kappa shape index (κ1) is 12.9. The number of hydrogen-bond donors (Lipinski definition) is 1. The van der Waals surface area contributed by atoms with Crippen LogP contribution in [0.25, 0.3) is 0 Å². The predicted molar refractivity (Wildman–Crippen MR) is 80.8 cm³/mol. The molecule has 0 spiro atoms. The molecule has 3 rings (SSSR count). The van der Waals surface area contributed by atoms with Crippen molar-refractivity contribution in [3.63, 3.8) is 0 Å². The normalized spacial score (nSPS) is 16.8. The lowest BCUT2D eigenvalue weighted by molar-refractivity contribution is 0.226. The predicted octanol–water partition coefficient (Wildman–Crippen LogP) is 3.48. The number of ether oxygens (including phenoxy) is 2. The Morgan fingerprint density at radius 2 is 1.90 bits per heavy atom. The van der Waals surface area contributed by atoms with Crippen LogP contribution in [0.4, 0.5) is 5.69 Å². The molecule has 0 bridgehead atoms. The Morgan fingerprint density at radius 3 is 2.65 bits per heavy atom. The Hall–Kier alpha value is -2.16. The zero-order valence-electron chi connectivity index (χ0n) is 11.8. The van der Waals surface area contributed by atoms with E-state index in [0.717, 1.165) is 30.2 Å². The Labute approximate surface area is 119 Å². The van der Waals surface area contributed by atoms with Gasteiger partial charge in [-0.05, 0) is 48.7 Å². The lowest BCUT2D eigenvalue weighted by atomic mass is 10.0. The van der Waals surface area contributed by atoms with E-state index >= 15 is 0 Å². The Kier molecular flexibility index (Phi) is 3.50. The molecule has 3 heteroatoms. The molecule has 1 unspecified atom stereocenters. The number of rotatable bonds is 3. The summed E-state index contributed by atoms with van der Waals surface area (Å²) >= 11 is 0. The molecule has 0 saturated heterocycles. The van der Waals surface area contributed by atoms with E-state index in [1.807, 2.05) is 12.1 Å². The van der Waals surface area contributed by atoms with Crippen molar-refractivity contribution in [2.45, 2.75) is 19.4 Å². The number of fused-ring (bicyclic) bond motifs is 1. The second-order valence-corrected chi connectivity index (χ2v) is 5.16. The van der Waals surface area contributed by atoms with Crippen molar-refractivity contribution >= 4 is 5.69 Å². The summed E-state index contributed by atoms with van der Waals surface area (Å²) in [6, 6.07) is 14.6. The third-order valence-corrected chi connectivity index (χ3v) is 3.52. The SMILES string of the molecule is COc1ccc(Cc2ccc3c(c2)OC(C)CN3)cc1. The molecule has 0 saturated carbocycles. The zero-order chi connectivity index (χ0) is 13.9. The average Bonchev–Trinajstić information content (AvgIpc) is 2.47. The molecule has 20 heavy (non-hydrogen) atoms. The summed E-state index contributed by atoms with van der Waals surface area (Å²) in [4.78, 5) is 0. The van der Waals surface area contributed by atoms with E-state index in [0.29, 0.717) is 0 Å². The van der Waals surface area contributed by atoms with E-state index < -0.39 is 0 Å². The molecule has 0 amide bonds. The van der Waals surface area contributed by atoms with Crippen LogP contribution < -0.4 is 14.8 Å². The van der Waals surface area contributed by atoms with Gasteiger partial charge in [-0.15, -0.1) is 0 Å². The van der Waals surface area contributed by atoms with Crippen molar-refractivity contribution in [2.24, 2.45) is 0 Å². The highest BCUT2D eigenvalue weighted by Crippen LogP contribution is 2.30. The first-order valence-electron chi connectivity index (χ1n) is 6.91. The summed E-state index contributed by atoms with van der Waals surface area (Å²) < 4.78 is 11.0. The molecule has 1 atom stereocenters. The van der Waals surface area contributed by atoms with Gasteiger partial charge in [-0.2, -0.15) is 0 Å². The van der Waals surface area contributed by atoms with Crippen LogP contribution in [0.5, 0.6) is 11.5 Å². The monoisotopic (exact) mass is 269 g/mol. The molecule has 0 fully saturated rings. The zero-order valence-corrected chi connectivity index (χ0v) is 11.8. The summed E-state index contributed by atoms with van der Waals surface area (Å²) in [5.41, 5.74) is 3.61. The molecule has 1 heterocycles. The number of hydrogen-bond acceptors (Lipinski definition) is 3. The third-order valence-electron chi connectivity index (χ3n) is 3.52. The number of nitrogens with one attached hydrogen (secondary N) is 1. The summed E-state index contributed by atoms with van der Waals surface area (Å²) in [6.07, 6.45) is 1.12. The fourth-order valence-electron chi connectivity index (χ4n) is 2.41. The molecule has 2 aromatic carbocycles. The molecule has 0 aliphatic carbocycles. The topological polar surface area (TPSA) is 30.5 Å². The highest BCUT2D eigenvalue weighted by atomic mass is 16.5. The summed E-state index contributed by atoms with van der Waals surface area (Å²) in [6.45, 7) is 2.94. The highest BCUT2D eigenvalue weighted by Gasteiger charge is 2.15. The fourth-order valence-corrected chi connectivity index (χ4v) is 2.41. The second kappa shape index (κ2) is 5.45. The van der Waals surface area contributed by atoms with Gasteiger partial charge >= 0.3 is 0 Å². The van der Waals surface area contributed by atoms with E-state index in [-0.39, 0.29) is 6.10 Å². The van der Waals surface area contributed by atoms with Gasteiger partial charge in [0.15, 0.2) is 0 Å². The van der Waals surface area contributed by atoms with Crippen LogP contribution in [-0.4, -0.2) is 19.8 Å². The standard InChI is InChI=1S/C17H19NO2/c1-12-11-18-16-8-5-14(10-17(16)20-12)9-13-3-6-15(19-2)7-4-13/h3-8,10,12,18H,9,11H2,1-2H3. The summed E-state index contributed by atoms with van der Waals surface area (Å²) in [7, 11) is 1.68. The summed E-state index contributed by atoms with van der Waals surface area (Å²) in [5, 5.41) is 3.38. The first-order chi connectivity index (χ1) is 9.74. The lowest BCUT2D eigenvalue weighted by Gasteiger charge is -2.25. The van der Waals surface area contributed by atoms with Crippen LogP contribution in [0.1, 0.15) is 18.1 Å². The van der Waals surface area contributed by atoms with Crippen molar-refractivity contribution in [1.29, 1.82) is 0 Å². The minimum Gasteiger partial charge on any atom is -0.497 e. The molecule has 3 nitrogen and oxygen atoms in total. The molecule has 1 aliphatic heterocycles. The minimum atomic E-state index is 0.221. The minimum absolute atomic E-state index is 0.221. The van der Waals surface area contributed by atoms with Gasteiger partial charge in [0.2, 0.25) is 0 Å². The molecule has 0 aromatic heterocycles. The van der Waals surface area contributed by atoms with Gasteiger partial charge in [0.05, 0.1) is 19.3 Å². The summed E-state index contributed by atoms with van der Waals surface area (Å²) in [5.74, 6) is 1.84. The highest BCUT2D eigenvalue weighted by molar-refractivity contribution is 5.59. The fraction of sp³-hybridized carbons (Fsp3) is 0.294. The van der Waals surface area contributed by atoms with Gasteiger partial charge < -0.3 is 14.8 Å². The van der Waals surface area contributed by atoms with Crippen LogP contribution in [0.2, 0.25) is 0 Å². The van der Waals surface area contributed by atoms with Crippen molar-refractivity contribution < 1.29 is 9.47 Å². The average molecular weight is 269 g/mol. The maximum absolute atomic E-state index is 5.86. The maximum Gasteiger partial charge on any atom is 0.143 e. The maximum atomic E-state index is 5.86. The largest absolute Gasteiger partial charge is 0.497 e. The van der Waals surface area contributed by atoms with Crippen molar-refractivity contribution in [2.75, 3.05) is 19.0 Å². The van der Waals surface area contributed by atoms with Gasteiger partial charge in [0.25, 0.3) is 0 Å². The first-order valence-corrected chi connectivity index (χ1v) is 6.91. The Morgan fingerprint density at radius 1 is 1.15 bits per heavy atom. The quantitative estimate of drug-likeness (QED) is 0.925. The van der Waals surface area contributed by atoms with E-state index in [1.54, 1.807) is 7.11 Å². The second-order valence-electron chi connectivity index (χ2n) is 5.16. The number of benzene rings is 2. The molecular formula is C17H19NO2. The van der Waals surface area contributed by atoms with Gasteiger partial charge in [0.1, 0.15) is 17.6 Å². The van der Waals surface area contributed by atoms with Gasteiger partial charge in [0, 0.05) is 0 Å².